The number of phenols is 4. The van der Waals surface area contributed by atoms with E-state index in [1.807, 2.05) is 0 Å². The van der Waals surface area contributed by atoms with Crippen LogP contribution in [-0.4, -0.2) is 120 Å². The van der Waals surface area contributed by atoms with Crippen LogP contribution in [0.25, 0.3) is 0 Å². The van der Waals surface area contributed by atoms with Crippen LogP contribution in [0.3, 0.4) is 0 Å². The fourth-order valence-corrected chi connectivity index (χ4v) is 6.71. The van der Waals surface area contributed by atoms with Gasteiger partial charge >= 0.3 is 25.1 Å². The number of urea groups is 2. The summed E-state index contributed by atoms with van der Waals surface area (Å²) in [6.07, 6.45) is 0.215. The van der Waals surface area contributed by atoms with Crippen molar-refractivity contribution in [3.63, 3.8) is 0 Å². The monoisotopic (exact) mass is 757 g/mol. The Hall–Kier alpha value is -6.38. The number of nitrogens with zero attached hydrogens (tertiary/aromatic N) is 3. The zero-order chi connectivity index (χ0) is 39.2. The van der Waals surface area contributed by atoms with Gasteiger partial charge in [0.15, 0.2) is 23.1 Å². The van der Waals surface area contributed by atoms with Crippen molar-refractivity contribution in [2.24, 2.45) is 0 Å². The zero-order valence-electron chi connectivity index (χ0n) is 27.8. The molecule has 8 N–H and O–H groups in total. The number of carbonyl (C=O) groups is 5. The highest BCUT2D eigenvalue weighted by Crippen LogP contribution is 2.37. The molecular formula is C33H31BF3N5O12. The summed E-state index contributed by atoms with van der Waals surface area (Å²) >= 11 is 0. The van der Waals surface area contributed by atoms with Crippen molar-refractivity contribution in [3.05, 3.63) is 76.1 Å². The lowest BCUT2D eigenvalue weighted by atomic mass is 9.72. The number of benzene rings is 3. The van der Waals surface area contributed by atoms with Gasteiger partial charge in [-0.3, -0.25) is 9.59 Å². The van der Waals surface area contributed by atoms with Crippen molar-refractivity contribution in [2.45, 2.75) is 37.3 Å². The molecule has 0 aromatic heterocycles. The van der Waals surface area contributed by atoms with E-state index in [2.05, 4.69) is 10.6 Å². The van der Waals surface area contributed by atoms with Crippen molar-refractivity contribution in [3.8, 4) is 28.7 Å². The summed E-state index contributed by atoms with van der Waals surface area (Å²) in [5.41, 5.74) is -1.77. The number of piperidine rings is 1. The van der Waals surface area contributed by atoms with E-state index in [1.54, 1.807) is 0 Å². The van der Waals surface area contributed by atoms with Crippen molar-refractivity contribution < 1.29 is 72.4 Å². The van der Waals surface area contributed by atoms with Gasteiger partial charge in [-0.05, 0) is 49.1 Å². The first-order valence-electron chi connectivity index (χ1n) is 16.4. The number of imide groups is 1. The van der Waals surface area contributed by atoms with E-state index in [-0.39, 0.29) is 68.1 Å². The van der Waals surface area contributed by atoms with E-state index in [4.69, 9.17) is 4.65 Å². The number of halogens is 3. The Balaban J connectivity index is 1.17. The predicted molar refractivity (Wildman–Crippen MR) is 176 cm³/mol. The number of hydrogen-bond donors (Lipinski definition) is 8. The number of carboxylic acids is 1. The molecule has 2 saturated heterocycles. The molecule has 0 spiro atoms. The lowest BCUT2D eigenvalue weighted by Gasteiger charge is -2.36. The molecule has 17 nitrogen and oxygen atoms in total. The van der Waals surface area contributed by atoms with Gasteiger partial charge in [-0.1, -0.05) is 6.07 Å². The first kappa shape index (κ1) is 37.4. The van der Waals surface area contributed by atoms with Crippen LogP contribution < -0.4 is 15.3 Å². The average molecular weight is 757 g/mol. The number of fused-ring (bicyclic) bond motifs is 1. The van der Waals surface area contributed by atoms with Gasteiger partial charge in [0.2, 0.25) is 5.91 Å². The van der Waals surface area contributed by atoms with Crippen molar-refractivity contribution in [2.75, 3.05) is 26.2 Å². The number of nitrogens with one attached hydrogen (secondary N) is 2. The molecule has 6 rings (SSSR count). The van der Waals surface area contributed by atoms with E-state index >= 15 is 4.39 Å². The molecule has 3 aliphatic heterocycles. The minimum absolute atomic E-state index is 0.0229. The SMILES string of the molecule is O=C(O)c1c(F)ccc2c1OB(O)[C@@H](NC(=O)[C@H](NC(=O)N1CCN(C3CCN(C(=O)c4cc(O)cc(O)c4)CC3)C1=O)c1cc(F)c(O)c(O)c1F)C2. The molecule has 0 unspecified atom stereocenters. The molecule has 2 fully saturated rings. The van der Waals surface area contributed by atoms with E-state index in [9.17, 15) is 63.3 Å². The molecule has 3 heterocycles. The zero-order valence-corrected chi connectivity index (χ0v) is 27.8. The van der Waals surface area contributed by atoms with E-state index in [0.29, 0.717) is 11.0 Å². The molecule has 3 aromatic carbocycles. The van der Waals surface area contributed by atoms with E-state index in [0.717, 1.165) is 18.2 Å². The van der Waals surface area contributed by atoms with Gasteiger partial charge in [0.05, 0.1) is 5.94 Å². The average Bonchev–Trinajstić information content (AvgIpc) is 3.51. The second-order valence-electron chi connectivity index (χ2n) is 12.8. The molecule has 21 heteroatoms. The number of amides is 6. The molecule has 3 aromatic rings. The fourth-order valence-electron chi connectivity index (χ4n) is 6.71. The minimum Gasteiger partial charge on any atom is -0.534 e. The number of aromatic hydroxyl groups is 4. The summed E-state index contributed by atoms with van der Waals surface area (Å²) in [5, 5.41) is 63.6. The van der Waals surface area contributed by atoms with Crippen LogP contribution in [-0.2, 0) is 11.2 Å². The third-order valence-electron chi connectivity index (χ3n) is 9.42. The smallest absolute Gasteiger partial charge is 0.534 e. The summed E-state index contributed by atoms with van der Waals surface area (Å²) in [7, 11) is -2.00. The topological polar surface area (TPSA) is 250 Å². The lowest BCUT2D eigenvalue weighted by molar-refractivity contribution is -0.123. The first-order valence-corrected chi connectivity index (χ1v) is 16.4. The summed E-state index contributed by atoms with van der Waals surface area (Å²) in [5.74, 6) is -13.6. The van der Waals surface area contributed by atoms with Crippen LogP contribution in [0.15, 0.2) is 36.4 Å². The van der Waals surface area contributed by atoms with Crippen LogP contribution in [0.4, 0.5) is 22.8 Å². The first-order chi connectivity index (χ1) is 25.5. The van der Waals surface area contributed by atoms with Crippen LogP contribution in [0.5, 0.6) is 28.7 Å². The van der Waals surface area contributed by atoms with Crippen molar-refractivity contribution in [1.29, 1.82) is 0 Å². The molecule has 0 bridgehead atoms. The Bertz CT molecular complexity index is 2050. The minimum atomic E-state index is -2.22. The summed E-state index contributed by atoms with van der Waals surface area (Å²) in [4.78, 5) is 68.7. The van der Waals surface area contributed by atoms with E-state index < -0.39 is 101 Å². The number of hydrogen-bond acceptors (Lipinski definition) is 11. The van der Waals surface area contributed by atoms with Crippen LogP contribution >= 0.6 is 0 Å². The maximum Gasteiger partial charge on any atom is 0.547 e. The molecule has 284 valence electrons. The lowest BCUT2D eigenvalue weighted by Crippen LogP contribution is -2.56. The highest BCUT2D eigenvalue weighted by molar-refractivity contribution is 6.47. The Kier molecular flexibility index (Phi) is 10.1. The molecule has 0 aliphatic carbocycles. The van der Waals surface area contributed by atoms with Gasteiger partial charge in [-0.2, -0.15) is 0 Å². The number of carbonyl (C=O) groups excluding carboxylic acids is 4. The van der Waals surface area contributed by atoms with Gasteiger partial charge < -0.3 is 55.6 Å². The third-order valence-corrected chi connectivity index (χ3v) is 9.42. The number of rotatable bonds is 7. The highest BCUT2D eigenvalue weighted by atomic mass is 19.1. The summed E-state index contributed by atoms with van der Waals surface area (Å²) in [6, 6.07) is 1.03. The van der Waals surface area contributed by atoms with Gasteiger partial charge in [0, 0.05) is 49.4 Å². The largest absolute Gasteiger partial charge is 0.547 e. The highest BCUT2D eigenvalue weighted by Gasteiger charge is 2.43. The molecule has 0 saturated carbocycles. The van der Waals surface area contributed by atoms with Gasteiger partial charge in [0.1, 0.15) is 34.7 Å². The number of aromatic carboxylic acids is 1. The summed E-state index contributed by atoms with van der Waals surface area (Å²) in [6.45, 7) is 0.171. The standard InChI is InChI=1S/C33H31BF3N5O12/c35-20-2-1-14-11-22(34(53)54-28(14)23(20)31(49)50)38-29(47)25(19-13-21(36)26(45)27(46)24(19)37)39-32(51)42-8-7-41(33(42)52)16-3-5-40(6-4-16)30(48)15-9-17(43)12-18(44)10-15/h1-2,9-10,12-13,16,22,25,43-46,53H,3-8,11H2,(H,38,47)(H,39,51)(H,49,50)/t22-,25+/m0/s1. The molecule has 2 atom stereocenters. The molecule has 54 heavy (non-hydrogen) atoms. The van der Waals surface area contributed by atoms with Gasteiger partial charge in [-0.15, -0.1) is 0 Å². The second-order valence-corrected chi connectivity index (χ2v) is 12.8. The maximum absolute atomic E-state index is 15.3. The quantitative estimate of drug-likeness (QED) is 0.126. The Morgan fingerprint density at radius 3 is 2.20 bits per heavy atom. The Labute approximate surface area is 302 Å². The van der Waals surface area contributed by atoms with Crippen LogP contribution in [0.2, 0.25) is 0 Å². The van der Waals surface area contributed by atoms with Crippen LogP contribution in [0, 0.1) is 17.5 Å². The van der Waals surface area contributed by atoms with Crippen molar-refractivity contribution >= 4 is 37.0 Å². The maximum atomic E-state index is 15.3. The normalized spacial score (nSPS) is 17.9. The number of likely N-dealkylation sites (tertiary alicyclic amines) is 1. The third kappa shape index (κ3) is 7.04. The van der Waals surface area contributed by atoms with E-state index in [1.165, 1.54) is 21.9 Å². The predicted octanol–water partition coefficient (Wildman–Crippen LogP) is 1.56. The van der Waals surface area contributed by atoms with Crippen LogP contribution in [0.1, 0.15) is 50.7 Å². The molecule has 6 amide bonds. The van der Waals surface area contributed by atoms with Crippen molar-refractivity contribution in [1.82, 2.24) is 25.3 Å². The fraction of sp³-hybridized carbons (Fsp3) is 0.303. The second kappa shape index (κ2) is 14.6. The Morgan fingerprint density at radius 2 is 1.56 bits per heavy atom. The molecular weight excluding hydrogens is 726 g/mol. The molecule has 3 aliphatic rings. The van der Waals surface area contributed by atoms with Gasteiger partial charge in [-0.25, -0.2) is 32.5 Å². The Morgan fingerprint density at radius 1 is 0.889 bits per heavy atom. The number of carboxylic acid groups (broad SMARTS) is 1. The molecule has 0 radical (unpaired) electrons. The number of phenolic OH excluding ortho intramolecular Hbond substituents is 4. The summed E-state index contributed by atoms with van der Waals surface area (Å²) < 4.78 is 49.3. The van der Waals surface area contributed by atoms with Gasteiger partial charge in [0.25, 0.3) is 5.91 Å².